The highest BCUT2D eigenvalue weighted by Crippen LogP contribution is 2.07. The Bertz CT molecular complexity index is 543. The van der Waals surface area contributed by atoms with Gasteiger partial charge in [-0.3, -0.25) is 14.3 Å². The Morgan fingerprint density at radius 3 is 2.57 bits per heavy atom. The number of aromatic nitrogens is 3. The molecule has 21 heavy (non-hydrogen) atoms. The van der Waals surface area contributed by atoms with E-state index in [2.05, 4.69) is 23.5 Å². The molecule has 0 aliphatic rings. The molecule has 0 amide bonds. The van der Waals surface area contributed by atoms with Crippen LogP contribution in [0.25, 0.3) is 0 Å². The largest absolute Gasteiger partial charge is 0.295 e. The minimum absolute atomic E-state index is 0.0493. The van der Waals surface area contributed by atoms with Crippen LogP contribution in [0.1, 0.15) is 45.2 Å². The summed E-state index contributed by atoms with van der Waals surface area (Å²) in [5.41, 5.74) is 2.03. The van der Waals surface area contributed by atoms with Crippen molar-refractivity contribution in [1.82, 2.24) is 15.0 Å². The van der Waals surface area contributed by atoms with Crippen LogP contribution in [0.15, 0.2) is 30.5 Å². The molecular weight excluding hydrogens is 266 g/mol. The number of hydrogen-bond donors (Lipinski definition) is 0. The highest BCUT2D eigenvalue weighted by molar-refractivity contribution is 5.94. The standard InChI is InChI=1S/C16H23N3O2/c1-5-13(4)16(21)7-6-10-19-11-14(17-18-19)8-9-15(20)12(2)3/h11H,2,4-10H2,1,3H3. The monoisotopic (exact) mass is 289 g/mol. The third-order valence-corrected chi connectivity index (χ3v) is 3.28. The fourth-order valence-corrected chi connectivity index (χ4v) is 1.79. The Balaban J connectivity index is 2.35. The van der Waals surface area contributed by atoms with Crippen molar-refractivity contribution in [3.05, 3.63) is 36.2 Å². The first kappa shape index (κ1) is 17.0. The zero-order chi connectivity index (χ0) is 15.8. The average Bonchev–Trinajstić information content (AvgIpc) is 2.91. The summed E-state index contributed by atoms with van der Waals surface area (Å²) in [4.78, 5) is 23.1. The molecule has 5 nitrogen and oxygen atoms in total. The van der Waals surface area contributed by atoms with Gasteiger partial charge >= 0.3 is 0 Å². The van der Waals surface area contributed by atoms with Crippen molar-refractivity contribution in [2.45, 2.75) is 52.5 Å². The summed E-state index contributed by atoms with van der Waals surface area (Å²) in [5.74, 6) is 0.165. The molecule has 0 atom stereocenters. The fourth-order valence-electron chi connectivity index (χ4n) is 1.79. The summed E-state index contributed by atoms with van der Waals surface area (Å²) in [6.45, 7) is 11.6. The van der Waals surface area contributed by atoms with Crippen molar-refractivity contribution in [2.24, 2.45) is 0 Å². The van der Waals surface area contributed by atoms with Crippen LogP contribution in [0.4, 0.5) is 0 Å². The van der Waals surface area contributed by atoms with Crippen LogP contribution < -0.4 is 0 Å². The van der Waals surface area contributed by atoms with Gasteiger partial charge in [-0.2, -0.15) is 0 Å². The molecule has 0 saturated carbocycles. The molecule has 114 valence electrons. The minimum Gasteiger partial charge on any atom is -0.295 e. The van der Waals surface area contributed by atoms with Crippen molar-refractivity contribution in [1.29, 1.82) is 0 Å². The molecule has 0 aliphatic carbocycles. The van der Waals surface area contributed by atoms with E-state index in [0.29, 0.717) is 49.8 Å². The normalized spacial score (nSPS) is 10.4. The van der Waals surface area contributed by atoms with E-state index >= 15 is 0 Å². The van der Waals surface area contributed by atoms with E-state index in [9.17, 15) is 9.59 Å². The van der Waals surface area contributed by atoms with Crippen molar-refractivity contribution < 1.29 is 9.59 Å². The minimum atomic E-state index is 0.0493. The molecule has 0 spiro atoms. The number of rotatable bonds is 10. The van der Waals surface area contributed by atoms with Gasteiger partial charge < -0.3 is 0 Å². The molecule has 0 fully saturated rings. The Hall–Kier alpha value is -2.04. The zero-order valence-corrected chi connectivity index (χ0v) is 12.9. The Morgan fingerprint density at radius 2 is 1.95 bits per heavy atom. The van der Waals surface area contributed by atoms with Gasteiger partial charge in [-0.1, -0.05) is 25.3 Å². The second-order valence-electron chi connectivity index (χ2n) is 5.16. The summed E-state index contributed by atoms with van der Waals surface area (Å²) >= 11 is 0. The Kier molecular flexibility index (Phi) is 6.72. The van der Waals surface area contributed by atoms with Crippen molar-refractivity contribution in [3.63, 3.8) is 0 Å². The number of Topliss-reactive ketones (excluding diaryl/α,β-unsaturated/α-hetero) is 2. The van der Waals surface area contributed by atoms with Gasteiger partial charge in [0.1, 0.15) is 0 Å². The molecule has 0 radical (unpaired) electrons. The molecule has 1 aromatic rings. The number of carbonyl (C=O) groups is 2. The third-order valence-electron chi connectivity index (χ3n) is 3.28. The van der Waals surface area contributed by atoms with Crippen molar-refractivity contribution in [2.75, 3.05) is 0 Å². The predicted octanol–water partition coefficient (Wildman–Crippen LogP) is 2.67. The zero-order valence-electron chi connectivity index (χ0n) is 12.9. The van der Waals surface area contributed by atoms with Crippen LogP contribution in [0.3, 0.4) is 0 Å². The first-order chi connectivity index (χ1) is 9.93. The van der Waals surface area contributed by atoms with E-state index in [4.69, 9.17) is 0 Å². The van der Waals surface area contributed by atoms with Gasteiger partial charge in [-0.15, -0.1) is 5.10 Å². The van der Waals surface area contributed by atoms with Crippen LogP contribution in [0.2, 0.25) is 0 Å². The second kappa shape index (κ2) is 8.29. The van der Waals surface area contributed by atoms with Crippen LogP contribution >= 0.6 is 0 Å². The lowest BCUT2D eigenvalue weighted by Gasteiger charge is -2.02. The fraction of sp³-hybridized carbons (Fsp3) is 0.500. The maximum atomic E-state index is 11.6. The molecule has 0 aromatic carbocycles. The van der Waals surface area contributed by atoms with Gasteiger partial charge in [-0.25, -0.2) is 0 Å². The van der Waals surface area contributed by atoms with E-state index < -0.39 is 0 Å². The van der Waals surface area contributed by atoms with E-state index in [1.165, 1.54) is 0 Å². The lowest BCUT2D eigenvalue weighted by molar-refractivity contribution is -0.116. The van der Waals surface area contributed by atoms with Gasteiger partial charge in [-0.05, 0) is 30.9 Å². The Morgan fingerprint density at radius 1 is 1.24 bits per heavy atom. The lowest BCUT2D eigenvalue weighted by atomic mass is 10.1. The molecule has 0 N–H and O–H groups in total. The summed E-state index contributed by atoms with van der Waals surface area (Å²) in [5, 5.41) is 8.03. The molecule has 0 saturated heterocycles. The van der Waals surface area contributed by atoms with Gasteiger partial charge in [0.05, 0.1) is 5.69 Å². The van der Waals surface area contributed by atoms with Crippen LogP contribution in [0, 0.1) is 0 Å². The SMILES string of the molecule is C=C(C)C(=O)CCc1cn(CCCC(=O)C(=C)CC)nn1. The van der Waals surface area contributed by atoms with E-state index in [0.717, 1.165) is 5.69 Å². The summed E-state index contributed by atoms with van der Waals surface area (Å²) in [6.07, 6.45) is 4.69. The van der Waals surface area contributed by atoms with E-state index in [1.54, 1.807) is 11.6 Å². The smallest absolute Gasteiger partial charge is 0.158 e. The first-order valence-corrected chi connectivity index (χ1v) is 7.22. The predicted molar refractivity (Wildman–Crippen MR) is 81.8 cm³/mol. The molecule has 0 bridgehead atoms. The van der Waals surface area contributed by atoms with Gasteiger partial charge in [0.25, 0.3) is 0 Å². The highest BCUT2D eigenvalue weighted by Gasteiger charge is 2.08. The maximum absolute atomic E-state index is 11.6. The maximum Gasteiger partial charge on any atom is 0.158 e. The van der Waals surface area contributed by atoms with E-state index in [-0.39, 0.29) is 11.6 Å². The van der Waals surface area contributed by atoms with Gasteiger partial charge in [0, 0.05) is 32.0 Å². The van der Waals surface area contributed by atoms with Crippen LogP contribution in [-0.2, 0) is 22.6 Å². The number of aryl methyl sites for hydroxylation is 2. The molecular formula is C16H23N3O2. The highest BCUT2D eigenvalue weighted by atomic mass is 16.1. The average molecular weight is 289 g/mol. The molecule has 1 aromatic heterocycles. The van der Waals surface area contributed by atoms with Gasteiger partial charge in [0.15, 0.2) is 11.6 Å². The van der Waals surface area contributed by atoms with Gasteiger partial charge in [0.2, 0.25) is 0 Å². The van der Waals surface area contributed by atoms with Crippen molar-refractivity contribution >= 4 is 11.6 Å². The lowest BCUT2D eigenvalue weighted by Crippen LogP contribution is -2.05. The number of hydrogen-bond acceptors (Lipinski definition) is 4. The molecule has 1 rings (SSSR count). The molecule has 0 unspecified atom stereocenters. The second-order valence-corrected chi connectivity index (χ2v) is 5.16. The van der Waals surface area contributed by atoms with Crippen LogP contribution in [0.5, 0.6) is 0 Å². The topological polar surface area (TPSA) is 64.8 Å². The number of nitrogens with zero attached hydrogens (tertiary/aromatic N) is 3. The quantitative estimate of drug-likeness (QED) is 0.621. The Labute approximate surface area is 125 Å². The molecule has 1 heterocycles. The number of allylic oxidation sites excluding steroid dienone is 2. The summed E-state index contributed by atoms with van der Waals surface area (Å²) < 4.78 is 1.71. The third kappa shape index (κ3) is 5.85. The number of carbonyl (C=O) groups excluding carboxylic acids is 2. The summed E-state index contributed by atoms with van der Waals surface area (Å²) in [6, 6.07) is 0. The van der Waals surface area contributed by atoms with Crippen molar-refractivity contribution in [3.8, 4) is 0 Å². The summed E-state index contributed by atoms with van der Waals surface area (Å²) in [7, 11) is 0. The molecule has 5 heteroatoms. The van der Waals surface area contributed by atoms with E-state index in [1.807, 2.05) is 13.1 Å². The van der Waals surface area contributed by atoms with Crippen LogP contribution in [-0.4, -0.2) is 26.6 Å². The molecule has 0 aliphatic heterocycles. The number of ketones is 2. The first-order valence-electron chi connectivity index (χ1n) is 7.22.